The number of hydrogen-bond acceptors (Lipinski definition) is 4. The average Bonchev–Trinajstić information content (AvgIpc) is 2.42. The van der Waals surface area contributed by atoms with Crippen molar-refractivity contribution in [3.8, 4) is 0 Å². The van der Waals surface area contributed by atoms with Crippen LogP contribution in [0.2, 0.25) is 0 Å². The second-order valence-corrected chi connectivity index (χ2v) is 3.77. The van der Waals surface area contributed by atoms with Gasteiger partial charge in [-0.2, -0.15) is 17.5 Å². The van der Waals surface area contributed by atoms with Crippen LogP contribution in [0.4, 0.5) is 18.2 Å². The molecule has 1 heterocycles. The molecule has 0 aliphatic rings. The normalized spacial score (nSPS) is 11.5. The van der Waals surface area contributed by atoms with Gasteiger partial charge in [0.15, 0.2) is 5.78 Å². The maximum atomic E-state index is 11.9. The van der Waals surface area contributed by atoms with Crippen molar-refractivity contribution in [1.82, 2.24) is 4.37 Å². The van der Waals surface area contributed by atoms with E-state index in [1.54, 1.807) is 6.92 Å². The molecule has 3 nitrogen and oxygen atoms in total. The Morgan fingerprint density at radius 2 is 2.13 bits per heavy atom. The molecule has 7 heteroatoms. The minimum atomic E-state index is -4.30. The molecule has 0 saturated carbocycles. The van der Waals surface area contributed by atoms with Gasteiger partial charge in [0.05, 0.1) is 11.3 Å². The summed E-state index contributed by atoms with van der Waals surface area (Å²) >= 11 is 0.863. The van der Waals surface area contributed by atoms with E-state index in [1.165, 1.54) is 6.92 Å². The minimum Gasteiger partial charge on any atom is -0.366 e. The van der Waals surface area contributed by atoms with E-state index >= 15 is 0 Å². The van der Waals surface area contributed by atoms with Crippen molar-refractivity contribution >= 4 is 22.3 Å². The molecule has 0 unspecified atom stereocenters. The third kappa shape index (κ3) is 3.19. The minimum absolute atomic E-state index is 0.178. The summed E-state index contributed by atoms with van der Waals surface area (Å²) in [5, 5.41) is 2.34. The first-order chi connectivity index (χ1) is 6.81. The number of halogens is 3. The van der Waals surface area contributed by atoms with E-state index in [1.807, 2.05) is 0 Å². The summed E-state index contributed by atoms with van der Waals surface area (Å²) in [5.41, 5.74) is 0.696. The highest BCUT2D eigenvalue weighted by Gasteiger charge is 2.28. The van der Waals surface area contributed by atoms with Gasteiger partial charge in [-0.3, -0.25) is 4.79 Å². The lowest BCUT2D eigenvalue weighted by molar-refractivity contribution is -0.115. The summed E-state index contributed by atoms with van der Waals surface area (Å²) in [6.07, 6.45) is -4.30. The molecule has 0 amide bonds. The van der Waals surface area contributed by atoms with Crippen LogP contribution in [0, 0.1) is 6.92 Å². The number of aromatic nitrogens is 1. The van der Waals surface area contributed by atoms with E-state index < -0.39 is 12.7 Å². The van der Waals surface area contributed by atoms with Gasteiger partial charge in [0.25, 0.3) is 0 Å². The Labute approximate surface area is 88.5 Å². The van der Waals surface area contributed by atoms with E-state index in [2.05, 4.69) is 9.69 Å². The fourth-order valence-electron chi connectivity index (χ4n) is 1.09. The van der Waals surface area contributed by atoms with E-state index in [9.17, 15) is 18.0 Å². The number of anilines is 1. The molecule has 1 aromatic rings. The Morgan fingerprint density at radius 1 is 1.53 bits per heavy atom. The highest BCUT2D eigenvalue weighted by atomic mass is 32.1. The molecule has 0 aliphatic carbocycles. The topological polar surface area (TPSA) is 42.0 Å². The molecule has 0 radical (unpaired) electrons. The van der Waals surface area contributed by atoms with Crippen molar-refractivity contribution in [2.24, 2.45) is 0 Å². The Morgan fingerprint density at radius 3 is 2.60 bits per heavy atom. The fourth-order valence-corrected chi connectivity index (χ4v) is 1.92. The molecule has 0 saturated heterocycles. The first-order valence-electron chi connectivity index (χ1n) is 4.09. The number of carbonyl (C=O) groups excluding carboxylic acids is 1. The highest BCUT2D eigenvalue weighted by Crippen LogP contribution is 2.26. The Balaban J connectivity index is 2.82. The van der Waals surface area contributed by atoms with Crippen LogP contribution in [-0.2, 0) is 0 Å². The van der Waals surface area contributed by atoms with Crippen LogP contribution in [0.25, 0.3) is 0 Å². The van der Waals surface area contributed by atoms with E-state index in [0.717, 1.165) is 11.5 Å². The zero-order chi connectivity index (χ0) is 11.6. The lowest BCUT2D eigenvalue weighted by Crippen LogP contribution is -2.21. The van der Waals surface area contributed by atoms with Crippen molar-refractivity contribution < 1.29 is 18.0 Å². The predicted octanol–water partition coefficient (Wildman–Crippen LogP) is 2.63. The second-order valence-electron chi connectivity index (χ2n) is 3.00. The Bertz CT molecular complexity index is 372. The number of rotatable bonds is 3. The predicted molar refractivity (Wildman–Crippen MR) is 51.4 cm³/mol. The van der Waals surface area contributed by atoms with Gasteiger partial charge in [-0.1, -0.05) is 0 Å². The lowest BCUT2D eigenvalue weighted by Gasteiger charge is -2.08. The maximum absolute atomic E-state index is 11.9. The number of nitrogens with one attached hydrogen (secondary N) is 1. The number of nitrogens with zero attached hydrogens (tertiary/aromatic N) is 1. The quantitative estimate of drug-likeness (QED) is 0.823. The van der Waals surface area contributed by atoms with Crippen LogP contribution >= 0.6 is 11.5 Å². The van der Waals surface area contributed by atoms with Crippen LogP contribution in [0.5, 0.6) is 0 Å². The zero-order valence-electron chi connectivity index (χ0n) is 8.10. The molecular formula is C8H9F3N2OS. The number of carbonyl (C=O) groups is 1. The number of Topliss-reactive ketones (excluding diaryl/α,β-unsaturated/α-hetero) is 1. The van der Waals surface area contributed by atoms with Crippen molar-refractivity contribution in [3.63, 3.8) is 0 Å². The summed E-state index contributed by atoms with van der Waals surface area (Å²) in [7, 11) is 0. The molecular weight excluding hydrogens is 229 g/mol. The number of aryl methyl sites for hydroxylation is 1. The van der Waals surface area contributed by atoms with Crippen LogP contribution in [0.15, 0.2) is 0 Å². The summed E-state index contributed by atoms with van der Waals surface area (Å²) < 4.78 is 39.6. The Hall–Kier alpha value is -1.11. The molecule has 0 fully saturated rings. The van der Waals surface area contributed by atoms with E-state index in [0.29, 0.717) is 5.69 Å². The number of hydrogen-bond donors (Lipinski definition) is 1. The molecule has 0 aliphatic heterocycles. The summed E-state index contributed by atoms with van der Waals surface area (Å²) in [6.45, 7) is 1.73. The van der Waals surface area contributed by atoms with Gasteiger partial charge >= 0.3 is 6.18 Å². The Kier molecular flexibility index (Phi) is 3.33. The smallest absolute Gasteiger partial charge is 0.366 e. The van der Waals surface area contributed by atoms with Gasteiger partial charge in [0, 0.05) is 0 Å². The zero-order valence-corrected chi connectivity index (χ0v) is 8.92. The highest BCUT2D eigenvalue weighted by molar-refractivity contribution is 7.10. The average molecular weight is 238 g/mol. The van der Waals surface area contributed by atoms with Crippen LogP contribution < -0.4 is 5.32 Å². The van der Waals surface area contributed by atoms with Crippen molar-refractivity contribution in [3.05, 3.63) is 11.3 Å². The molecule has 0 bridgehead atoms. The molecule has 84 valence electrons. The van der Waals surface area contributed by atoms with E-state index in [-0.39, 0.29) is 16.3 Å². The summed E-state index contributed by atoms with van der Waals surface area (Å²) in [6, 6.07) is 0. The molecule has 0 spiro atoms. The third-order valence-electron chi connectivity index (χ3n) is 1.66. The second kappa shape index (κ2) is 4.18. The van der Waals surface area contributed by atoms with E-state index in [4.69, 9.17) is 0 Å². The SMILES string of the molecule is CC(=O)c1c(C)nsc1NCC(F)(F)F. The van der Waals surface area contributed by atoms with Crippen molar-refractivity contribution in [2.45, 2.75) is 20.0 Å². The standard InChI is InChI=1S/C8H9F3N2OS/c1-4-6(5(2)14)7(15-13-4)12-3-8(9,10)11/h12H,3H2,1-2H3. The molecule has 1 N–H and O–H groups in total. The largest absolute Gasteiger partial charge is 0.405 e. The van der Waals surface area contributed by atoms with Crippen LogP contribution in [-0.4, -0.2) is 22.9 Å². The maximum Gasteiger partial charge on any atom is 0.405 e. The number of ketones is 1. The van der Waals surface area contributed by atoms with Gasteiger partial charge < -0.3 is 5.32 Å². The van der Waals surface area contributed by atoms with Gasteiger partial charge in [0.1, 0.15) is 11.5 Å². The van der Waals surface area contributed by atoms with Gasteiger partial charge in [0.2, 0.25) is 0 Å². The fraction of sp³-hybridized carbons (Fsp3) is 0.500. The summed E-state index contributed by atoms with van der Waals surface area (Å²) in [4.78, 5) is 11.1. The molecule has 1 rings (SSSR count). The monoisotopic (exact) mass is 238 g/mol. The van der Waals surface area contributed by atoms with Gasteiger partial charge in [-0.15, -0.1) is 0 Å². The molecule has 0 atom stereocenters. The molecule has 15 heavy (non-hydrogen) atoms. The van der Waals surface area contributed by atoms with Crippen molar-refractivity contribution in [2.75, 3.05) is 11.9 Å². The van der Waals surface area contributed by atoms with Gasteiger partial charge in [-0.25, -0.2) is 0 Å². The lowest BCUT2D eigenvalue weighted by atomic mass is 10.2. The van der Waals surface area contributed by atoms with Crippen LogP contribution in [0.1, 0.15) is 23.0 Å². The first kappa shape index (κ1) is 12.0. The molecule has 1 aromatic heterocycles. The molecule has 0 aromatic carbocycles. The third-order valence-corrected chi connectivity index (χ3v) is 2.56. The number of alkyl halides is 3. The summed E-state index contributed by atoms with van der Waals surface area (Å²) in [5.74, 6) is -0.286. The first-order valence-corrected chi connectivity index (χ1v) is 4.86. The van der Waals surface area contributed by atoms with Crippen LogP contribution in [0.3, 0.4) is 0 Å². The van der Waals surface area contributed by atoms with Crippen molar-refractivity contribution in [1.29, 1.82) is 0 Å². The van der Waals surface area contributed by atoms with Gasteiger partial charge in [-0.05, 0) is 25.4 Å².